The van der Waals surface area contributed by atoms with Crippen LogP contribution in [-0.2, 0) is 4.79 Å². The van der Waals surface area contributed by atoms with Crippen molar-refractivity contribution in [3.8, 4) is 0 Å². The number of aromatic nitrogens is 1. The zero-order valence-electron chi connectivity index (χ0n) is 16.0. The molecule has 146 valence electrons. The number of anilines is 1. The topological polar surface area (TPSA) is 79.4 Å². The third-order valence-electron chi connectivity index (χ3n) is 5.33. The van der Waals surface area contributed by atoms with Crippen LogP contribution in [-0.4, -0.2) is 34.2 Å². The first-order valence-electron chi connectivity index (χ1n) is 9.65. The normalized spacial score (nSPS) is 13.1. The van der Waals surface area contributed by atoms with Crippen molar-refractivity contribution in [3.63, 3.8) is 0 Å². The van der Waals surface area contributed by atoms with E-state index in [1.165, 1.54) is 0 Å². The molecule has 6 nitrogen and oxygen atoms in total. The number of benzene rings is 3. The summed E-state index contributed by atoms with van der Waals surface area (Å²) >= 11 is 0. The molecule has 0 unspecified atom stereocenters. The highest BCUT2D eigenvalue weighted by atomic mass is 16.2. The number of nitrogens with one attached hydrogen (secondary N) is 1. The maximum Gasteiger partial charge on any atom is 0.261 e. The van der Waals surface area contributed by atoms with Crippen LogP contribution in [0.5, 0.6) is 0 Å². The summed E-state index contributed by atoms with van der Waals surface area (Å²) in [7, 11) is 0. The molecule has 2 heterocycles. The van der Waals surface area contributed by atoms with Gasteiger partial charge in [-0.1, -0.05) is 42.5 Å². The van der Waals surface area contributed by atoms with E-state index < -0.39 is 0 Å². The highest BCUT2D eigenvalue weighted by molar-refractivity contribution is 6.25. The number of rotatable bonds is 4. The molecule has 30 heavy (non-hydrogen) atoms. The van der Waals surface area contributed by atoms with E-state index in [4.69, 9.17) is 0 Å². The van der Waals surface area contributed by atoms with Crippen LogP contribution in [0.15, 0.2) is 72.9 Å². The Bertz CT molecular complexity index is 1290. The number of carbonyl (C=O) groups is 3. The second kappa shape index (κ2) is 7.08. The van der Waals surface area contributed by atoms with Crippen molar-refractivity contribution in [1.29, 1.82) is 0 Å². The fraction of sp³-hybridized carbons (Fsp3) is 0.0833. The van der Waals surface area contributed by atoms with E-state index in [0.717, 1.165) is 15.7 Å². The molecule has 1 aliphatic rings. The van der Waals surface area contributed by atoms with E-state index in [-0.39, 0.29) is 30.7 Å². The van der Waals surface area contributed by atoms with Gasteiger partial charge in [-0.3, -0.25) is 24.3 Å². The molecule has 3 amide bonds. The first kappa shape index (κ1) is 18.0. The SMILES string of the molecule is O=C(CCN1C(=O)c2cccc3cccc(c23)C1=O)Nc1cccc2cccnc12. The first-order valence-corrected chi connectivity index (χ1v) is 9.65. The monoisotopic (exact) mass is 395 g/mol. The van der Waals surface area contributed by atoms with E-state index in [2.05, 4.69) is 10.3 Å². The Morgan fingerprint density at radius 2 is 1.47 bits per heavy atom. The van der Waals surface area contributed by atoms with Crippen molar-refractivity contribution >= 4 is 45.1 Å². The predicted molar refractivity (Wildman–Crippen MR) is 114 cm³/mol. The fourth-order valence-electron chi connectivity index (χ4n) is 3.91. The smallest absolute Gasteiger partial charge is 0.261 e. The summed E-state index contributed by atoms with van der Waals surface area (Å²) < 4.78 is 0. The highest BCUT2D eigenvalue weighted by Crippen LogP contribution is 2.30. The first-order chi connectivity index (χ1) is 14.6. The quantitative estimate of drug-likeness (QED) is 0.530. The molecule has 4 aromatic rings. The van der Waals surface area contributed by atoms with Crippen molar-refractivity contribution in [2.45, 2.75) is 6.42 Å². The van der Waals surface area contributed by atoms with E-state index in [0.29, 0.717) is 27.7 Å². The summed E-state index contributed by atoms with van der Waals surface area (Å²) in [5.74, 6) is -1.03. The molecule has 0 radical (unpaired) electrons. The summed E-state index contributed by atoms with van der Waals surface area (Å²) in [6, 6.07) is 20.1. The third kappa shape index (κ3) is 2.90. The van der Waals surface area contributed by atoms with E-state index in [1.54, 1.807) is 36.5 Å². The van der Waals surface area contributed by atoms with Gasteiger partial charge in [-0.15, -0.1) is 0 Å². The molecule has 1 aliphatic heterocycles. The Morgan fingerprint density at radius 3 is 2.20 bits per heavy atom. The molecular formula is C24H17N3O3. The Morgan fingerprint density at radius 1 is 0.833 bits per heavy atom. The van der Waals surface area contributed by atoms with E-state index >= 15 is 0 Å². The Kier molecular flexibility index (Phi) is 4.25. The number of hydrogen-bond donors (Lipinski definition) is 1. The van der Waals surface area contributed by atoms with Crippen LogP contribution in [0, 0.1) is 0 Å². The molecule has 0 fully saturated rings. The molecule has 3 aromatic carbocycles. The number of para-hydroxylation sites is 1. The molecule has 5 rings (SSSR count). The van der Waals surface area contributed by atoms with E-state index in [1.807, 2.05) is 36.4 Å². The van der Waals surface area contributed by atoms with Gasteiger partial charge in [-0.25, -0.2) is 0 Å². The fourth-order valence-corrected chi connectivity index (χ4v) is 3.91. The van der Waals surface area contributed by atoms with Gasteiger partial charge in [0.25, 0.3) is 11.8 Å². The average molecular weight is 395 g/mol. The third-order valence-corrected chi connectivity index (χ3v) is 5.33. The van der Waals surface area contributed by atoms with Gasteiger partial charge in [0.1, 0.15) is 0 Å². The van der Waals surface area contributed by atoms with Crippen molar-refractivity contribution in [2.75, 3.05) is 11.9 Å². The van der Waals surface area contributed by atoms with Gasteiger partial charge < -0.3 is 5.32 Å². The van der Waals surface area contributed by atoms with Crippen molar-refractivity contribution in [3.05, 3.63) is 84.1 Å². The van der Waals surface area contributed by atoms with Crippen molar-refractivity contribution in [2.24, 2.45) is 0 Å². The molecular weight excluding hydrogens is 378 g/mol. The van der Waals surface area contributed by atoms with Gasteiger partial charge in [0.05, 0.1) is 11.2 Å². The number of fused-ring (bicyclic) bond motifs is 1. The molecule has 0 saturated carbocycles. The Labute approximate surface area is 172 Å². The minimum atomic E-state index is -0.371. The number of pyridine rings is 1. The summed E-state index contributed by atoms with van der Waals surface area (Å²) in [6.45, 7) is 0.00637. The summed E-state index contributed by atoms with van der Waals surface area (Å²) in [4.78, 5) is 43.9. The summed E-state index contributed by atoms with van der Waals surface area (Å²) in [5, 5.41) is 5.29. The molecule has 1 N–H and O–H groups in total. The second-order valence-corrected chi connectivity index (χ2v) is 7.15. The van der Waals surface area contributed by atoms with E-state index in [9.17, 15) is 14.4 Å². The molecule has 0 bridgehead atoms. The van der Waals surface area contributed by atoms with Crippen LogP contribution in [0.2, 0.25) is 0 Å². The Balaban J connectivity index is 1.36. The van der Waals surface area contributed by atoms with Crippen LogP contribution in [0.1, 0.15) is 27.1 Å². The van der Waals surface area contributed by atoms with Crippen molar-refractivity contribution < 1.29 is 14.4 Å². The number of hydrogen-bond acceptors (Lipinski definition) is 4. The van der Waals surface area contributed by atoms with Gasteiger partial charge in [-0.2, -0.15) is 0 Å². The van der Waals surface area contributed by atoms with Gasteiger partial charge in [-0.05, 0) is 29.7 Å². The number of carbonyl (C=O) groups excluding carboxylic acids is 3. The molecule has 0 saturated heterocycles. The standard InChI is InChI=1S/C24H17N3O3/c28-20(26-19-11-3-7-16-8-4-13-25-22(16)19)12-14-27-23(29)17-9-1-5-15-6-2-10-18(21(15)17)24(27)30/h1-11,13H,12,14H2,(H,26,28). The zero-order valence-corrected chi connectivity index (χ0v) is 16.0. The maximum absolute atomic E-state index is 12.9. The average Bonchev–Trinajstić information content (AvgIpc) is 2.77. The zero-order chi connectivity index (χ0) is 20.7. The largest absolute Gasteiger partial charge is 0.324 e. The van der Waals surface area contributed by atoms with Gasteiger partial charge in [0, 0.05) is 41.1 Å². The molecule has 1 aromatic heterocycles. The number of amides is 3. The summed E-state index contributed by atoms with van der Waals surface area (Å²) in [6.07, 6.45) is 1.67. The summed E-state index contributed by atoms with van der Waals surface area (Å²) in [5.41, 5.74) is 2.27. The minimum Gasteiger partial charge on any atom is -0.324 e. The molecule has 0 aliphatic carbocycles. The number of imide groups is 1. The minimum absolute atomic E-state index is 0.00115. The maximum atomic E-state index is 12.9. The van der Waals surface area contributed by atoms with Gasteiger partial charge in [0.2, 0.25) is 5.91 Å². The predicted octanol–water partition coefficient (Wildman–Crippen LogP) is 4.01. The van der Waals surface area contributed by atoms with Crippen LogP contribution in [0.4, 0.5) is 5.69 Å². The van der Waals surface area contributed by atoms with Crippen LogP contribution >= 0.6 is 0 Å². The van der Waals surface area contributed by atoms with Crippen LogP contribution < -0.4 is 5.32 Å². The lowest BCUT2D eigenvalue weighted by molar-refractivity contribution is -0.116. The second-order valence-electron chi connectivity index (χ2n) is 7.15. The number of nitrogens with zero attached hydrogens (tertiary/aromatic N) is 2. The Hall–Kier alpha value is -4.06. The molecule has 0 atom stereocenters. The van der Waals surface area contributed by atoms with Gasteiger partial charge >= 0.3 is 0 Å². The van der Waals surface area contributed by atoms with Crippen LogP contribution in [0.25, 0.3) is 21.7 Å². The lowest BCUT2D eigenvalue weighted by Gasteiger charge is -2.27. The lowest BCUT2D eigenvalue weighted by atomic mass is 9.94. The lowest BCUT2D eigenvalue weighted by Crippen LogP contribution is -2.41. The van der Waals surface area contributed by atoms with Crippen LogP contribution in [0.3, 0.4) is 0 Å². The van der Waals surface area contributed by atoms with Crippen molar-refractivity contribution in [1.82, 2.24) is 9.88 Å². The molecule has 6 heteroatoms. The molecule has 0 spiro atoms. The van der Waals surface area contributed by atoms with Gasteiger partial charge in [0.15, 0.2) is 0 Å². The highest BCUT2D eigenvalue weighted by Gasteiger charge is 2.32.